The van der Waals surface area contributed by atoms with Crippen molar-refractivity contribution in [3.63, 3.8) is 0 Å². The molecule has 0 amide bonds. The Morgan fingerprint density at radius 1 is 1.06 bits per heavy atom. The average molecular weight is 248 g/mol. The van der Waals surface area contributed by atoms with Crippen LogP contribution >= 0.6 is 12.4 Å². The molecule has 0 fully saturated rings. The first-order chi connectivity index (χ1) is 7.93. The number of fused-ring (bicyclic) bond motifs is 1. The fourth-order valence-electron chi connectivity index (χ4n) is 2.16. The van der Waals surface area contributed by atoms with E-state index in [2.05, 4.69) is 39.1 Å². The average Bonchev–Trinajstić information content (AvgIpc) is 2.39. The molecule has 2 aromatic rings. The molecule has 0 bridgehead atoms. The van der Waals surface area contributed by atoms with Crippen LogP contribution < -0.4 is 4.90 Å². The first kappa shape index (κ1) is 11.9. The van der Waals surface area contributed by atoms with Gasteiger partial charge in [0.25, 0.3) is 0 Å². The van der Waals surface area contributed by atoms with Crippen LogP contribution in [0.25, 0.3) is 0 Å². The van der Waals surface area contributed by atoms with Crippen LogP contribution in [0.2, 0.25) is 0 Å². The highest BCUT2D eigenvalue weighted by Crippen LogP contribution is 2.21. The third kappa shape index (κ3) is 2.39. The van der Waals surface area contributed by atoms with E-state index in [1.165, 1.54) is 11.1 Å². The maximum Gasteiger partial charge on any atom is 0.132 e. The molecule has 0 saturated heterocycles. The van der Waals surface area contributed by atoms with Crippen molar-refractivity contribution in [1.29, 1.82) is 0 Å². The molecule has 0 spiro atoms. The number of anilines is 1. The Kier molecular flexibility index (Phi) is 3.59. The zero-order valence-electron chi connectivity index (χ0n) is 9.41. The van der Waals surface area contributed by atoms with Crippen LogP contribution in [-0.4, -0.2) is 16.5 Å². The maximum absolute atomic E-state index is 4.29. The van der Waals surface area contributed by atoms with E-state index in [9.17, 15) is 0 Å². The lowest BCUT2D eigenvalue weighted by Gasteiger charge is -2.29. The SMILES string of the molecule is Cl.c1ccc2c(c1)CCN(c1ccncn1)C2. The summed E-state index contributed by atoms with van der Waals surface area (Å²) in [6.45, 7) is 1.99. The van der Waals surface area contributed by atoms with Crippen LogP contribution in [0, 0.1) is 0 Å². The lowest BCUT2D eigenvalue weighted by Crippen LogP contribution is -2.30. The van der Waals surface area contributed by atoms with Gasteiger partial charge < -0.3 is 4.90 Å². The van der Waals surface area contributed by atoms with Crippen molar-refractivity contribution in [2.45, 2.75) is 13.0 Å². The number of halogens is 1. The molecule has 2 heterocycles. The standard InChI is InChI=1S/C13H13N3.ClH/c1-2-4-12-9-16(8-6-11(12)3-1)13-5-7-14-10-15-13;/h1-5,7,10H,6,8-9H2;1H. The van der Waals surface area contributed by atoms with Crippen LogP contribution in [0.3, 0.4) is 0 Å². The van der Waals surface area contributed by atoms with Crippen molar-refractivity contribution in [3.05, 3.63) is 54.0 Å². The first-order valence-corrected chi connectivity index (χ1v) is 5.51. The zero-order valence-corrected chi connectivity index (χ0v) is 10.2. The molecule has 88 valence electrons. The van der Waals surface area contributed by atoms with Gasteiger partial charge in [0.05, 0.1) is 0 Å². The highest BCUT2D eigenvalue weighted by molar-refractivity contribution is 5.85. The van der Waals surface area contributed by atoms with Crippen LogP contribution in [0.15, 0.2) is 42.9 Å². The third-order valence-corrected chi connectivity index (χ3v) is 3.02. The van der Waals surface area contributed by atoms with Crippen molar-refractivity contribution in [3.8, 4) is 0 Å². The third-order valence-electron chi connectivity index (χ3n) is 3.02. The molecular weight excluding hydrogens is 234 g/mol. The summed E-state index contributed by atoms with van der Waals surface area (Å²) in [6, 6.07) is 10.6. The van der Waals surface area contributed by atoms with Gasteiger partial charge in [0.1, 0.15) is 12.1 Å². The first-order valence-electron chi connectivity index (χ1n) is 5.51. The van der Waals surface area contributed by atoms with E-state index in [-0.39, 0.29) is 12.4 Å². The van der Waals surface area contributed by atoms with Crippen molar-refractivity contribution in [2.24, 2.45) is 0 Å². The molecule has 0 atom stereocenters. The monoisotopic (exact) mass is 247 g/mol. The summed E-state index contributed by atoms with van der Waals surface area (Å²) < 4.78 is 0. The quantitative estimate of drug-likeness (QED) is 0.775. The molecule has 3 nitrogen and oxygen atoms in total. The lowest BCUT2D eigenvalue weighted by molar-refractivity contribution is 0.719. The van der Waals surface area contributed by atoms with Gasteiger partial charge in [0.2, 0.25) is 0 Å². The van der Waals surface area contributed by atoms with Gasteiger partial charge in [-0.25, -0.2) is 9.97 Å². The molecule has 1 aromatic carbocycles. The number of hydrogen-bond acceptors (Lipinski definition) is 3. The highest BCUT2D eigenvalue weighted by atomic mass is 35.5. The van der Waals surface area contributed by atoms with E-state index in [4.69, 9.17) is 0 Å². The van der Waals surface area contributed by atoms with E-state index in [1.807, 2.05) is 6.07 Å². The highest BCUT2D eigenvalue weighted by Gasteiger charge is 2.16. The van der Waals surface area contributed by atoms with E-state index in [0.717, 1.165) is 25.3 Å². The molecule has 3 rings (SSSR count). The summed E-state index contributed by atoms with van der Waals surface area (Å²) in [5, 5.41) is 0. The van der Waals surface area contributed by atoms with Crippen molar-refractivity contribution < 1.29 is 0 Å². The number of benzene rings is 1. The second kappa shape index (κ2) is 5.15. The van der Waals surface area contributed by atoms with Crippen LogP contribution in [0.1, 0.15) is 11.1 Å². The Labute approximate surface area is 107 Å². The summed E-state index contributed by atoms with van der Waals surface area (Å²) in [7, 11) is 0. The fraction of sp³-hybridized carbons (Fsp3) is 0.231. The van der Waals surface area contributed by atoms with E-state index < -0.39 is 0 Å². The Bertz CT molecular complexity index is 487. The molecule has 0 saturated carbocycles. The lowest BCUT2D eigenvalue weighted by atomic mass is 10.00. The molecule has 17 heavy (non-hydrogen) atoms. The number of rotatable bonds is 1. The summed E-state index contributed by atoms with van der Waals surface area (Å²) in [6.07, 6.45) is 4.50. The molecule has 0 radical (unpaired) electrons. The molecule has 0 unspecified atom stereocenters. The van der Waals surface area contributed by atoms with E-state index >= 15 is 0 Å². The predicted octanol–water partition coefficient (Wildman–Crippen LogP) is 2.46. The molecule has 1 aliphatic rings. The smallest absolute Gasteiger partial charge is 0.132 e. The Morgan fingerprint density at radius 2 is 1.88 bits per heavy atom. The number of nitrogens with zero attached hydrogens (tertiary/aromatic N) is 3. The largest absolute Gasteiger partial charge is 0.352 e. The van der Waals surface area contributed by atoms with Gasteiger partial charge in [-0.05, 0) is 23.6 Å². The van der Waals surface area contributed by atoms with Crippen molar-refractivity contribution in [1.82, 2.24) is 9.97 Å². The minimum Gasteiger partial charge on any atom is -0.352 e. The summed E-state index contributed by atoms with van der Waals surface area (Å²) in [5.74, 6) is 1.02. The molecule has 0 N–H and O–H groups in total. The van der Waals surface area contributed by atoms with E-state index in [0.29, 0.717) is 0 Å². The van der Waals surface area contributed by atoms with Crippen molar-refractivity contribution in [2.75, 3.05) is 11.4 Å². The normalized spacial score (nSPS) is 13.8. The van der Waals surface area contributed by atoms with Gasteiger partial charge in [0.15, 0.2) is 0 Å². The Morgan fingerprint density at radius 3 is 2.65 bits per heavy atom. The molecule has 0 aliphatic carbocycles. The maximum atomic E-state index is 4.29. The number of hydrogen-bond donors (Lipinski definition) is 0. The summed E-state index contributed by atoms with van der Waals surface area (Å²) >= 11 is 0. The molecular formula is C13H14ClN3. The number of aromatic nitrogens is 2. The van der Waals surface area contributed by atoms with Gasteiger partial charge in [-0.3, -0.25) is 0 Å². The Balaban J connectivity index is 0.00000108. The second-order valence-electron chi connectivity index (χ2n) is 4.01. The van der Waals surface area contributed by atoms with Crippen LogP contribution in [0.5, 0.6) is 0 Å². The van der Waals surface area contributed by atoms with Gasteiger partial charge in [0, 0.05) is 19.3 Å². The zero-order chi connectivity index (χ0) is 10.8. The molecule has 1 aromatic heterocycles. The minimum absolute atomic E-state index is 0. The van der Waals surface area contributed by atoms with Crippen molar-refractivity contribution >= 4 is 18.2 Å². The molecule has 1 aliphatic heterocycles. The fourth-order valence-corrected chi connectivity index (χ4v) is 2.16. The second-order valence-corrected chi connectivity index (χ2v) is 4.01. The van der Waals surface area contributed by atoms with Gasteiger partial charge in [-0.1, -0.05) is 24.3 Å². The van der Waals surface area contributed by atoms with Gasteiger partial charge in [-0.15, -0.1) is 12.4 Å². The predicted molar refractivity (Wildman–Crippen MR) is 70.5 cm³/mol. The minimum atomic E-state index is 0. The van der Waals surface area contributed by atoms with Gasteiger partial charge >= 0.3 is 0 Å². The van der Waals surface area contributed by atoms with Gasteiger partial charge in [-0.2, -0.15) is 0 Å². The topological polar surface area (TPSA) is 29.0 Å². The summed E-state index contributed by atoms with van der Waals surface area (Å²) in [4.78, 5) is 10.5. The molecule has 4 heteroatoms. The van der Waals surface area contributed by atoms with Crippen LogP contribution in [-0.2, 0) is 13.0 Å². The summed E-state index contributed by atoms with van der Waals surface area (Å²) in [5.41, 5.74) is 2.88. The van der Waals surface area contributed by atoms with Crippen LogP contribution in [0.4, 0.5) is 5.82 Å². The van der Waals surface area contributed by atoms with E-state index in [1.54, 1.807) is 12.5 Å². The Hall–Kier alpha value is -1.61.